The van der Waals surface area contributed by atoms with E-state index < -0.39 is 0 Å². The third-order valence-electron chi connectivity index (χ3n) is 3.30. The molecule has 0 spiro atoms. The number of aryl methyl sites for hydroxylation is 3. The first-order valence-electron chi connectivity index (χ1n) is 7.15. The molecule has 0 unspecified atom stereocenters. The molecule has 0 radical (unpaired) electrons. The first-order chi connectivity index (χ1) is 11.5. The quantitative estimate of drug-likeness (QED) is 0.696. The summed E-state index contributed by atoms with van der Waals surface area (Å²) in [4.78, 5) is 16.8. The van der Waals surface area contributed by atoms with Gasteiger partial charge in [-0.2, -0.15) is 0 Å². The molecule has 124 valence electrons. The summed E-state index contributed by atoms with van der Waals surface area (Å²) in [7, 11) is 0. The van der Waals surface area contributed by atoms with Crippen molar-refractivity contribution in [3.05, 3.63) is 45.9 Å². The van der Waals surface area contributed by atoms with Gasteiger partial charge in [0.25, 0.3) is 5.91 Å². The van der Waals surface area contributed by atoms with Crippen molar-refractivity contribution in [1.29, 1.82) is 0 Å². The average molecular weight is 361 g/mol. The number of aromatic nitrogens is 4. The number of thioether (sulfide) groups is 1. The number of amides is 1. The molecule has 0 aromatic carbocycles. The summed E-state index contributed by atoms with van der Waals surface area (Å²) in [5.74, 6) is 1.17. The second-order valence-corrected chi connectivity index (χ2v) is 7.17. The van der Waals surface area contributed by atoms with Crippen LogP contribution in [-0.2, 0) is 5.75 Å². The van der Waals surface area contributed by atoms with Gasteiger partial charge in [-0.15, -0.1) is 22.0 Å². The second-order valence-electron chi connectivity index (χ2n) is 5.03. The van der Waals surface area contributed by atoms with E-state index in [1.165, 1.54) is 23.1 Å². The SMILES string of the molecule is Cc1nnc(NC(=O)c2cccnc2SCc2c(C)noc2C)s1. The first-order valence-corrected chi connectivity index (χ1v) is 8.96. The Hall–Kier alpha value is -2.26. The van der Waals surface area contributed by atoms with Crippen LogP contribution in [-0.4, -0.2) is 26.2 Å². The number of hydrogen-bond donors (Lipinski definition) is 1. The molecule has 24 heavy (non-hydrogen) atoms. The van der Waals surface area contributed by atoms with Gasteiger partial charge < -0.3 is 4.52 Å². The Balaban J connectivity index is 1.76. The van der Waals surface area contributed by atoms with E-state index in [0.717, 1.165) is 22.0 Å². The fourth-order valence-corrected chi connectivity index (χ4v) is 3.77. The highest BCUT2D eigenvalue weighted by molar-refractivity contribution is 7.98. The van der Waals surface area contributed by atoms with E-state index in [1.807, 2.05) is 20.8 Å². The normalized spacial score (nSPS) is 10.8. The van der Waals surface area contributed by atoms with E-state index in [-0.39, 0.29) is 5.91 Å². The maximum Gasteiger partial charge on any atom is 0.260 e. The minimum Gasteiger partial charge on any atom is -0.361 e. The molecule has 0 saturated heterocycles. The molecule has 0 fully saturated rings. The number of rotatable bonds is 5. The van der Waals surface area contributed by atoms with Gasteiger partial charge in [-0.05, 0) is 32.9 Å². The molecule has 7 nitrogen and oxygen atoms in total. The molecular formula is C15H15N5O2S2. The van der Waals surface area contributed by atoms with E-state index in [2.05, 4.69) is 25.7 Å². The molecule has 0 aliphatic rings. The molecule has 3 aromatic heterocycles. The molecular weight excluding hydrogens is 346 g/mol. The van der Waals surface area contributed by atoms with Crippen LogP contribution in [0.4, 0.5) is 5.13 Å². The van der Waals surface area contributed by atoms with Crippen molar-refractivity contribution in [3.8, 4) is 0 Å². The van der Waals surface area contributed by atoms with E-state index >= 15 is 0 Å². The van der Waals surface area contributed by atoms with Crippen LogP contribution < -0.4 is 5.32 Å². The zero-order valence-corrected chi connectivity index (χ0v) is 15.0. The van der Waals surface area contributed by atoms with Gasteiger partial charge in [-0.25, -0.2) is 4.98 Å². The van der Waals surface area contributed by atoms with Crippen LogP contribution >= 0.6 is 23.1 Å². The van der Waals surface area contributed by atoms with Crippen LogP contribution in [0.3, 0.4) is 0 Å². The van der Waals surface area contributed by atoms with Crippen LogP contribution in [0.25, 0.3) is 0 Å². The number of pyridine rings is 1. The minimum atomic E-state index is -0.250. The maximum atomic E-state index is 12.5. The highest BCUT2D eigenvalue weighted by Crippen LogP contribution is 2.27. The lowest BCUT2D eigenvalue weighted by Gasteiger charge is -2.07. The van der Waals surface area contributed by atoms with Gasteiger partial charge in [-0.1, -0.05) is 16.5 Å². The van der Waals surface area contributed by atoms with Crippen molar-refractivity contribution >= 4 is 34.1 Å². The van der Waals surface area contributed by atoms with Crippen molar-refractivity contribution in [3.63, 3.8) is 0 Å². The van der Waals surface area contributed by atoms with Crippen LogP contribution in [0, 0.1) is 20.8 Å². The number of hydrogen-bond acceptors (Lipinski definition) is 8. The molecule has 3 heterocycles. The molecule has 3 rings (SSSR count). The van der Waals surface area contributed by atoms with Gasteiger partial charge in [0.1, 0.15) is 15.8 Å². The highest BCUT2D eigenvalue weighted by Gasteiger charge is 2.16. The van der Waals surface area contributed by atoms with E-state index in [4.69, 9.17) is 4.52 Å². The fourth-order valence-electron chi connectivity index (χ4n) is 2.04. The summed E-state index contributed by atoms with van der Waals surface area (Å²) < 4.78 is 5.17. The summed E-state index contributed by atoms with van der Waals surface area (Å²) in [5, 5.41) is 16.4. The Morgan fingerprint density at radius 3 is 2.83 bits per heavy atom. The number of nitrogens with one attached hydrogen (secondary N) is 1. The predicted octanol–water partition coefficient (Wildman–Crippen LogP) is 3.39. The molecule has 0 bridgehead atoms. The Bertz CT molecular complexity index is 855. The second kappa shape index (κ2) is 7.10. The molecule has 9 heteroatoms. The lowest BCUT2D eigenvalue weighted by molar-refractivity contribution is 0.102. The van der Waals surface area contributed by atoms with Gasteiger partial charge in [0.05, 0.1) is 11.3 Å². The summed E-state index contributed by atoms with van der Waals surface area (Å²) in [6.07, 6.45) is 1.67. The molecule has 1 N–H and O–H groups in total. The monoisotopic (exact) mass is 361 g/mol. The largest absolute Gasteiger partial charge is 0.361 e. The number of carbonyl (C=O) groups is 1. The van der Waals surface area contributed by atoms with Crippen molar-refractivity contribution in [2.45, 2.75) is 31.6 Å². The zero-order chi connectivity index (χ0) is 17.1. The van der Waals surface area contributed by atoms with Crippen molar-refractivity contribution in [2.24, 2.45) is 0 Å². The Morgan fingerprint density at radius 1 is 1.33 bits per heavy atom. The van der Waals surface area contributed by atoms with E-state index in [9.17, 15) is 4.79 Å². The Kier molecular flexibility index (Phi) is 4.91. The number of anilines is 1. The maximum absolute atomic E-state index is 12.5. The lowest BCUT2D eigenvalue weighted by atomic mass is 10.2. The van der Waals surface area contributed by atoms with Crippen LogP contribution in [0.5, 0.6) is 0 Å². The summed E-state index contributed by atoms with van der Waals surface area (Å²) in [5.41, 5.74) is 2.38. The molecule has 0 aliphatic heterocycles. The zero-order valence-electron chi connectivity index (χ0n) is 13.4. The minimum absolute atomic E-state index is 0.250. The van der Waals surface area contributed by atoms with E-state index in [0.29, 0.717) is 21.5 Å². The van der Waals surface area contributed by atoms with E-state index in [1.54, 1.807) is 18.3 Å². The summed E-state index contributed by atoms with van der Waals surface area (Å²) in [6, 6.07) is 3.48. The van der Waals surface area contributed by atoms with Crippen molar-refractivity contribution < 1.29 is 9.32 Å². The highest BCUT2D eigenvalue weighted by atomic mass is 32.2. The number of nitrogens with zero attached hydrogens (tertiary/aromatic N) is 4. The Labute approximate surface area is 146 Å². The third-order valence-corrected chi connectivity index (χ3v) is 5.08. The molecule has 1 amide bonds. The number of carbonyl (C=O) groups excluding carboxylic acids is 1. The Morgan fingerprint density at radius 2 is 2.17 bits per heavy atom. The predicted molar refractivity (Wildman–Crippen MR) is 92.4 cm³/mol. The van der Waals surface area contributed by atoms with Gasteiger partial charge in [0.2, 0.25) is 5.13 Å². The lowest BCUT2D eigenvalue weighted by Crippen LogP contribution is -2.13. The third kappa shape index (κ3) is 3.62. The van der Waals surface area contributed by atoms with Crippen LogP contribution in [0.2, 0.25) is 0 Å². The van der Waals surface area contributed by atoms with Gasteiger partial charge in [0, 0.05) is 17.5 Å². The van der Waals surface area contributed by atoms with Gasteiger partial charge in [0.15, 0.2) is 0 Å². The molecule has 0 atom stereocenters. The average Bonchev–Trinajstić information content (AvgIpc) is 3.11. The fraction of sp³-hybridized carbons (Fsp3) is 0.267. The molecule has 0 saturated carbocycles. The van der Waals surface area contributed by atoms with Crippen LogP contribution in [0.15, 0.2) is 27.9 Å². The first kappa shape index (κ1) is 16.6. The van der Waals surface area contributed by atoms with Gasteiger partial charge in [-0.3, -0.25) is 10.1 Å². The molecule has 3 aromatic rings. The smallest absolute Gasteiger partial charge is 0.260 e. The van der Waals surface area contributed by atoms with Gasteiger partial charge >= 0.3 is 0 Å². The van der Waals surface area contributed by atoms with Crippen molar-refractivity contribution in [2.75, 3.05) is 5.32 Å². The topological polar surface area (TPSA) is 93.8 Å². The standard InChI is InChI=1S/C15H15N5O2S2/c1-8-12(9(2)22-20-8)7-23-14-11(5-4-6-16-14)13(21)17-15-19-18-10(3)24-15/h4-6H,7H2,1-3H3,(H,17,19,21). The van der Waals surface area contributed by atoms with Crippen LogP contribution in [0.1, 0.15) is 32.4 Å². The van der Waals surface area contributed by atoms with Crippen molar-refractivity contribution in [1.82, 2.24) is 20.3 Å². The summed E-state index contributed by atoms with van der Waals surface area (Å²) in [6.45, 7) is 5.61. The summed E-state index contributed by atoms with van der Waals surface area (Å²) >= 11 is 2.80. The molecule has 0 aliphatic carbocycles.